The third-order valence-electron chi connectivity index (χ3n) is 4.48. The van der Waals surface area contributed by atoms with Crippen LogP contribution >= 0.6 is 0 Å². The third kappa shape index (κ3) is 9.50. The molecule has 3 atom stereocenters. The summed E-state index contributed by atoms with van der Waals surface area (Å²) in [6, 6.07) is -2.81. The van der Waals surface area contributed by atoms with Gasteiger partial charge in [-0.1, -0.05) is 6.42 Å². The molecule has 2 amide bonds. The highest BCUT2D eigenvalue weighted by Crippen LogP contribution is 2.06. The lowest BCUT2D eigenvalue weighted by Gasteiger charge is -2.23. The van der Waals surface area contributed by atoms with Crippen molar-refractivity contribution in [2.75, 3.05) is 13.1 Å². The molecular weight excluding hydrogens is 378 g/mol. The zero-order valence-corrected chi connectivity index (χ0v) is 16.6. The molecule has 0 fully saturated rings. The van der Waals surface area contributed by atoms with Crippen molar-refractivity contribution in [3.63, 3.8) is 0 Å². The van der Waals surface area contributed by atoms with E-state index < -0.39 is 35.9 Å². The van der Waals surface area contributed by atoms with Crippen LogP contribution in [0, 0.1) is 0 Å². The number of aromatic nitrogens is 2. The molecule has 11 heteroatoms. The fraction of sp³-hybridized carbons (Fsp3) is 0.667. The maximum atomic E-state index is 12.7. The first-order valence-corrected chi connectivity index (χ1v) is 9.85. The average molecular weight is 412 g/mol. The Labute approximate surface area is 170 Å². The Balaban J connectivity index is 2.73. The molecular formula is C18H33N7O4. The lowest BCUT2D eigenvalue weighted by atomic mass is 10.0. The largest absolute Gasteiger partial charge is 0.480 e. The Bertz CT molecular complexity index is 624. The molecule has 1 aromatic heterocycles. The number of H-pyrrole nitrogens is 1. The summed E-state index contributed by atoms with van der Waals surface area (Å²) >= 11 is 0. The van der Waals surface area contributed by atoms with Crippen LogP contribution in [0.15, 0.2) is 12.5 Å². The van der Waals surface area contributed by atoms with Crippen LogP contribution in [0.3, 0.4) is 0 Å². The number of nitrogens with two attached hydrogens (primary N) is 3. The number of rotatable bonds is 15. The van der Waals surface area contributed by atoms with Crippen molar-refractivity contribution >= 4 is 17.8 Å². The van der Waals surface area contributed by atoms with E-state index in [1.54, 1.807) is 0 Å². The molecule has 0 aromatic carbocycles. The van der Waals surface area contributed by atoms with Crippen molar-refractivity contribution < 1.29 is 19.5 Å². The molecule has 29 heavy (non-hydrogen) atoms. The molecule has 10 N–H and O–H groups in total. The molecule has 0 aliphatic heterocycles. The van der Waals surface area contributed by atoms with Gasteiger partial charge in [-0.3, -0.25) is 9.59 Å². The number of carboxylic acids is 1. The highest BCUT2D eigenvalue weighted by atomic mass is 16.4. The number of amides is 2. The number of carboxylic acid groups (broad SMARTS) is 1. The van der Waals surface area contributed by atoms with Gasteiger partial charge in [-0.25, -0.2) is 9.78 Å². The van der Waals surface area contributed by atoms with Gasteiger partial charge in [-0.2, -0.15) is 0 Å². The summed E-state index contributed by atoms with van der Waals surface area (Å²) < 4.78 is 0. The van der Waals surface area contributed by atoms with Gasteiger partial charge in [0.05, 0.1) is 12.4 Å². The second kappa shape index (κ2) is 13.6. The third-order valence-corrected chi connectivity index (χ3v) is 4.48. The van der Waals surface area contributed by atoms with E-state index in [1.807, 2.05) is 0 Å². The molecule has 11 nitrogen and oxygen atoms in total. The van der Waals surface area contributed by atoms with Crippen LogP contribution in [-0.4, -0.2) is 64.1 Å². The quantitative estimate of drug-likeness (QED) is 0.170. The minimum atomic E-state index is -1.18. The van der Waals surface area contributed by atoms with E-state index in [4.69, 9.17) is 17.2 Å². The van der Waals surface area contributed by atoms with Crippen molar-refractivity contribution in [3.8, 4) is 0 Å². The van der Waals surface area contributed by atoms with Gasteiger partial charge in [-0.05, 0) is 45.2 Å². The summed E-state index contributed by atoms with van der Waals surface area (Å²) in [7, 11) is 0. The number of imidazole rings is 1. The molecule has 0 spiro atoms. The van der Waals surface area contributed by atoms with Crippen LogP contribution in [0.2, 0.25) is 0 Å². The highest BCUT2D eigenvalue weighted by Gasteiger charge is 2.28. The number of nitrogens with zero attached hydrogens (tertiary/aromatic N) is 1. The first-order chi connectivity index (χ1) is 13.9. The van der Waals surface area contributed by atoms with Crippen LogP contribution < -0.4 is 27.8 Å². The molecule has 1 aromatic rings. The van der Waals surface area contributed by atoms with Gasteiger partial charge in [0.2, 0.25) is 11.8 Å². The minimum absolute atomic E-state index is 0.0448. The van der Waals surface area contributed by atoms with Crippen LogP contribution in [0.4, 0.5) is 0 Å². The topological polar surface area (TPSA) is 202 Å². The van der Waals surface area contributed by atoms with E-state index in [2.05, 4.69) is 20.6 Å². The predicted octanol–water partition coefficient (Wildman–Crippen LogP) is -1.41. The Morgan fingerprint density at radius 1 is 1.00 bits per heavy atom. The first kappa shape index (κ1) is 24.5. The predicted molar refractivity (Wildman–Crippen MR) is 108 cm³/mol. The zero-order valence-electron chi connectivity index (χ0n) is 16.6. The maximum Gasteiger partial charge on any atom is 0.326 e. The summed E-state index contributed by atoms with van der Waals surface area (Å²) in [4.78, 5) is 43.2. The van der Waals surface area contributed by atoms with Crippen molar-refractivity contribution in [2.24, 2.45) is 17.2 Å². The number of nitrogens with one attached hydrogen (secondary N) is 3. The summed E-state index contributed by atoms with van der Waals surface area (Å²) in [5.74, 6) is -2.20. The fourth-order valence-corrected chi connectivity index (χ4v) is 2.77. The monoisotopic (exact) mass is 411 g/mol. The van der Waals surface area contributed by atoms with Crippen molar-refractivity contribution in [3.05, 3.63) is 18.2 Å². The van der Waals surface area contributed by atoms with Gasteiger partial charge in [0.15, 0.2) is 0 Å². The fourth-order valence-electron chi connectivity index (χ4n) is 2.77. The van der Waals surface area contributed by atoms with E-state index in [0.29, 0.717) is 50.9 Å². The molecule has 0 saturated carbocycles. The number of hydrogen-bond acceptors (Lipinski definition) is 7. The SMILES string of the molecule is NCCCC[C@H](NC(=O)[C@@H](N)CCCCN)C(=O)N[C@@H](Cc1cnc[nH]1)C(=O)O. The number of carbonyl (C=O) groups is 3. The molecule has 0 bridgehead atoms. The first-order valence-electron chi connectivity index (χ1n) is 9.85. The van der Waals surface area contributed by atoms with E-state index in [-0.39, 0.29) is 6.42 Å². The molecule has 1 heterocycles. The van der Waals surface area contributed by atoms with Crippen LogP contribution in [0.25, 0.3) is 0 Å². The van der Waals surface area contributed by atoms with Crippen molar-refractivity contribution in [1.29, 1.82) is 0 Å². The van der Waals surface area contributed by atoms with Crippen molar-refractivity contribution in [1.82, 2.24) is 20.6 Å². The van der Waals surface area contributed by atoms with Gasteiger partial charge < -0.3 is 37.9 Å². The van der Waals surface area contributed by atoms with E-state index in [1.165, 1.54) is 12.5 Å². The average Bonchev–Trinajstić information content (AvgIpc) is 3.19. The Kier molecular flexibility index (Phi) is 11.5. The van der Waals surface area contributed by atoms with E-state index in [9.17, 15) is 19.5 Å². The lowest BCUT2D eigenvalue weighted by Crippen LogP contribution is -2.54. The second-order valence-corrected chi connectivity index (χ2v) is 6.92. The lowest BCUT2D eigenvalue weighted by molar-refractivity contribution is -0.142. The van der Waals surface area contributed by atoms with Gasteiger partial charge in [-0.15, -0.1) is 0 Å². The number of aliphatic carboxylic acids is 1. The highest BCUT2D eigenvalue weighted by molar-refractivity contribution is 5.91. The van der Waals surface area contributed by atoms with Crippen molar-refractivity contribution in [2.45, 2.75) is 63.1 Å². The molecule has 0 unspecified atom stereocenters. The molecule has 0 saturated heterocycles. The number of carbonyl (C=O) groups excluding carboxylic acids is 2. The Morgan fingerprint density at radius 2 is 1.62 bits per heavy atom. The number of unbranched alkanes of at least 4 members (excludes halogenated alkanes) is 2. The molecule has 0 aliphatic rings. The molecule has 1 rings (SSSR count). The van der Waals surface area contributed by atoms with Crippen LogP contribution in [0.5, 0.6) is 0 Å². The summed E-state index contributed by atoms with van der Waals surface area (Å²) in [5, 5.41) is 14.6. The summed E-state index contributed by atoms with van der Waals surface area (Å²) in [5.41, 5.74) is 17.4. The smallest absolute Gasteiger partial charge is 0.326 e. The molecule has 164 valence electrons. The maximum absolute atomic E-state index is 12.7. The molecule has 0 radical (unpaired) electrons. The number of aromatic amines is 1. The molecule has 0 aliphatic carbocycles. The minimum Gasteiger partial charge on any atom is -0.480 e. The second-order valence-electron chi connectivity index (χ2n) is 6.92. The van der Waals surface area contributed by atoms with Gasteiger partial charge in [0, 0.05) is 18.3 Å². The van der Waals surface area contributed by atoms with Crippen LogP contribution in [0.1, 0.15) is 44.2 Å². The Morgan fingerprint density at radius 3 is 2.17 bits per heavy atom. The normalized spacial score (nSPS) is 14.0. The van der Waals surface area contributed by atoms with Gasteiger partial charge in [0.1, 0.15) is 12.1 Å². The number of hydrogen-bond donors (Lipinski definition) is 7. The summed E-state index contributed by atoms with van der Waals surface area (Å²) in [6.45, 7) is 0.976. The zero-order chi connectivity index (χ0) is 21.6. The van der Waals surface area contributed by atoms with Gasteiger partial charge >= 0.3 is 5.97 Å². The van der Waals surface area contributed by atoms with E-state index >= 15 is 0 Å². The summed E-state index contributed by atoms with van der Waals surface area (Å²) in [6.07, 6.45) is 6.51. The van der Waals surface area contributed by atoms with E-state index in [0.717, 1.165) is 6.42 Å². The van der Waals surface area contributed by atoms with Crippen LogP contribution in [-0.2, 0) is 20.8 Å². The van der Waals surface area contributed by atoms with Gasteiger partial charge in [0.25, 0.3) is 0 Å². The standard InChI is InChI=1S/C18H33N7O4/c19-7-3-1-5-13(21)16(26)24-14(6-2-4-8-20)17(27)25-15(18(28)29)9-12-10-22-11-23-12/h10-11,13-15H,1-9,19-21H2,(H,22,23)(H,24,26)(H,25,27)(H,28,29)/t13-,14-,15-/m0/s1. The Hall–Kier alpha value is -2.50.